The van der Waals surface area contributed by atoms with Crippen molar-refractivity contribution in [3.63, 3.8) is 0 Å². The first-order valence-corrected chi connectivity index (χ1v) is 4.10. The molecular formula is C7H10ClN3O2. The van der Waals surface area contributed by atoms with E-state index in [1.165, 1.54) is 12.4 Å². The van der Waals surface area contributed by atoms with Crippen LogP contribution in [-0.2, 0) is 0 Å². The molecule has 0 spiro atoms. The lowest BCUT2D eigenvalue weighted by atomic mass is 10.4. The second-order valence-electron chi connectivity index (χ2n) is 2.44. The van der Waals surface area contributed by atoms with Crippen molar-refractivity contribution in [2.24, 2.45) is 0 Å². The Labute approximate surface area is 80.4 Å². The highest BCUT2D eigenvalue weighted by atomic mass is 35.5. The quantitative estimate of drug-likeness (QED) is 0.596. The lowest BCUT2D eigenvalue weighted by Gasteiger charge is -2.08. The number of nitrogens with zero attached hydrogens (tertiary/aromatic N) is 2. The van der Waals surface area contributed by atoms with Crippen molar-refractivity contribution in [3.8, 4) is 0 Å². The number of halogens is 1. The maximum Gasteiger partial charge on any atom is 0.134 e. The van der Waals surface area contributed by atoms with Crippen molar-refractivity contribution in [1.29, 1.82) is 0 Å². The summed E-state index contributed by atoms with van der Waals surface area (Å²) in [5.41, 5.74) is 0. The van der Waals surface area contributed by atoms with Gasteiger partial charge in [-0.25, -0.2) is 9.97 Å². The Morgan fingerprint density at radius 2 is 2.31 bits per heavy atom. The zero-order valence-electron chi connectivity index (χ0n) is 6.81. The van der Waals surface area contributed by atoms with Crippen LogP contribution in [0.5, 0.6) is 0 Å². The number of rotatable bonds is 4. The Morgan fingerprint density at radius 1 is 1.54 bits per heavy atom. The van der Waals surface area contributed by atoms with Crippen LogP contribution in [0, 0.1) is 0 Å². The Balaban J connectivity index is 2.45. The number of hydrogen-bond donors (Lipinski definition) is 3. The van der Waals surface area contributed by atoms with Crippen LogP contribution >= 0.6 is 11.6 Å². The van der Waals surface area contributed by atoms with Crippen molar-refractivity contribution < 1.29 is 10.2 Å². The minimum atomic E-state index is -0.797. The third kappa shape index (κ3) is 3.54. The summed E-state index contributed by atoms with van der Waals surface area (Å²) in [6.45, 7) is -0.0599. The van der Waals surface area contributed by atoms with Crippen LogP contribution in [0.3, 0.4) is 0 Å². The average Bonchev–Trinajstić information content (AvgIpc) is 2.14. The number of aliphatic hydroxyl groups excluding tert-OH is 2. The summed E-state index contributed by atoms with van der Waals surface area (Å²) in [6, 6.07) is 1.53. The molecule has 0 aliphatic carbocycles. The molecule has 0 aliphatic rings. The molecule has 1 aromatic rings. The summed E-state index contributed by atoms with van der Waals surface area (Å²) in [6.07, 6.45) is 0.518. The van der Waals surface area contributed by atoms with Gasteiger partial charge in [-0.1, -0.05) is 11.6 Å². The summed E-state index contributed by atoms with van der Waals surface area (Å²) in [5.74, 6) is 0.521. The van der Waals surface area contributed by atoms with Gasteiger partial charge in [-0.05, 0) is 0 Å². The van der Waals surface area contributed by atoms with Gasteiger partial charge in [0.1, 0.15) is 17.3 Å². The lowest BCUT2D eigenvalue weighted by Crippen LogP contribution is -2.23. The van der Waals surface area contributed by atoms with Gasteiger partial charge in [-0.3, -0.25) is 0 Å². The molecule has 1 rings (SSSR count). The van der Waals surface area contributed by atoms with E-state index < -0.39 is 6.10 Å². The second kappa shape index (κ2) is 4.96. The fourth-order valence-corrected chi connectivity index (χ4v) is 0.864. The Morgan fingerprint density at radius 3 is 2.92 bits per heavy atom. The molecule has 0 bridgehead atoms. The summed E-state index contributed by atoms with van der Waals surface area (Å²) in [5, 5.41) is 20.6. The zero-order chi connectivity index (χ0) is 9.68. The highest BCUT2D eigenvalue weighted by Crippen LogP contribution is 2.07. The summed E-state index contributed by atoms with van der Waals surface area (Å²) < 4.78 is 0. The van der Waals surface area contributed by atoms with Gasteiger partial charge in [0.15, 0.2) is 0 Å². The molecular weight excluding hydrogens is 194 g/mol. The second-order valence-corrected chi connectivity index (χ2v) is 2.83. The highest BCUT2D eigenvalue weighted by Gasteiger charge is 2.01. The van der Waals surface area contributed by atoms with E-state index in [9.17, 15) is 0 Å². The molecule has 5 nitrogen and oxygen atoms in total. The van der Waals surface area contributed by atoms with Crippen LogP contribution in [-0.4, -0.2) is 39.4 Å². The Bertz CT molecular complexity index is 272. The van der Waals surface area contributed by atoms with Gasteiger partial charge in [0.2, 0.25) is 0 Å². The number of aliphatic hydroxyl groups is 2. The number of anilines is 1. The van der Waals surface area contributed by atoms with Crippen LogP contribution in [0.4, 0.5) is 5.82 Å². The van der Waals surface area contributed by atoms with E-state index in [4.69, 9.17) is 21.8 Å². The normalized spacial score (nSPS) is 12.5. The number of aromatic nitrogens is 2. The van der Waals surface area contributed by atoms with E-state index in [-0.39, 0.29) is 13.2 Å². The molecule has 0 fully saturated rings. The van der Waals surface area contributed by atoms with Crippen LogP contribution in [0.2, 0.25) is 5.15 Å². The van der Waals surface area contributed by atoms with Crippen molar-refractivity contribution in [3.05, 3.63) is 17.5 Å². The monoisotopic (exact) mass is 203 g/mol. The summed E-state index contributed by atoms with van der Waals surface area (Å²) in [7, 11) is 0. The van der Waals surface area contributed by atoms with E-state index in [0.717, 1.165) is 0 Å². The molecule has 0 aliphatic heterocycles. The average molecular weight is 204 g/mol. The molecule has 0 saturated carbocycles. The van der Waals surface area contributed by atoms with Crippen LogP contribution in [0.15, 0.2) is 12.4 Å². The van der Waals surface area contributed by atoms with Crippen LogP contribution in [0.25, 0.3) is 0 Å². The molecule has 0 saturated heterocycles. The maximum atomic E-state index is 9.00. The molecule has 0 aromatic carbocycles. The Kier molecular flexibility index (Phi) is 3.88. The van der Waals surface area contributed by atoms with E-state index >= 15 is 0 Å². The molecule has 72 valence electrons. The first-order valence-electron chi connectivity index (χ1n) is 3.72. The van der Waals surface area contributed by atoms with Crippen molar-refractivity contribution in [2.75, 3.05) is 18.5 Å². The predicted octanol–water partition coefficient (Wildman–Crippen LogP) is -0.105. The first kappa shape index (κ1) is 10.2. The fourth-order valence-electron chi connectivity index (χ4n) is 0.717. The molecule has 0 amide bonds. The third-order valence-electron chi connectivity index (χ3n) is 1.36. The van der Waals surface area contributed by atoms with Gasteiger partial charge in [-0.15, -0.1) is 0 Å². The molecule has 1 atom stereocenters. The van der Waals surface area contributed by atoms with E-state index in [2.05, 4.69) is 15.3 Å². The molecule has 1 aromatic heterocycles. The molecule has 6 heteroatoms. The number of hydrogen-bond acceptors (Lipinski definition) is 5. The standard InChI is InChI=1S/C7H10ClN3O2/c8-6-1-7(11-4-10-6)9-2-5(13)3-12/h1,4-5,12-13H,2-3H2,(H,9,10,11). The van der Waals surface area contributed by atoms with Crippen LogP contribution < -0.4 is 5.32 Å². The van der Waals surface area contributed by atoms with Crippen molar-refractivity contribution in [2.45, 2.75) is 6.10 Å². The smallest absolute Gasteiger partial charge is 0.134 e. The van der Waals surface area contributed by atoms with Gasteiger partial charge in [-0.2, -0.15) is 0 Å². The van der Waals surface area contributed by atoms with Gasteiger partial charge in [0.25, 0.3) is 0 Å². The first-order chi connectivity index (χ1) is 6.22. The SMILES string of the molecule is OCC(O)CNc1cc(Cl)ncn1. The molecule has 1 heterocycles. The minimum absolute atomic E-state index is 0.226. The van der Waals surface area contributed by atoms with Crippen LogP contribution in [0.1, 0.15) is 0 Å². The Hall–Kier alpha value is -0.910. The van der Waals surface area contributed by atoms with Gasteiger partial charge < -0.3 is 15.5 Å². The molecule has 0 radical (unpaired) electrons. The van der Waals surface area contributed by atoms with Gasteiger partial charge >= 0.3 is 0 Å². The topological polar surface area (TPSA) is 78.3 Å². The molecule has 3 N–H and O–H groups in total. The van der Waals surface area contributed by atoms with Gasteiger partial charge in [0.05, 0.1) is 12.7 Å². The van der Waals surface area contributed by atoms with Crippen molar-refractivity contribution in [1.82, 2.24) is 9.97 Å². The van der Waals surface area contributed by atoms with E-state index in [0.29, 0.717) is 11.0 Å². The van der Waals surface area contributed by atoms with Crippen molar-refractivity contribution >= 4 is 17.4 Å². The maximum absolute atomic E-state index is 9.00. The third-order valence-corrected chi connectivity index (χ3v) is 1.57. The van der Waals surface area contributed by atoms with E-state index in [1.54, 1.807) is 0 Å². The van der Waals surface area contributed by atoms with E-state index in [1.807, 2.05) is 0 Å². The number of nitrogens with one attached hydrogen (secondary N) is 1. The summed E-state index contributed by atoms with van der Waals surface area (Å²) >= 11 is 5.59. The zero-order valence-corrected chi connectivity index (χ0v) is 7.57. The minimum Gasteiger partial charge on any atom is -0.394 e. The molecule has 1 unspecified atom stereocenters. The fraction of sp³-hybridized carbons (Fsp3) is 0.429. The highest BCUT2D eigenvalue weighted by molar-refractivity contribution is 6.29. The predicted molar refractivity (Wildman–Crippen MR) is 48.6 cm³/mol. The van der Waals surface area contributed by atoms with Gasteiger partial charge in [0, 0.05) is 12.6 Å². The largest absolute Gasteiger partial charge is 0.394 e. The summed E-state index contributed by atoms with van der Waals surface area (Å²) in [4.78, 5) is 7.54. The lowest BCUT2D eigenvalue weighted by molar-refractivity contribution is 0.105. The molecule has 13 heavy (non-hydrogen) atoms.